The van der Waals surface area contributed by atoms with Gasteiger partial charge in [-0.1, -0.05) is 13.8 Å². The Morgan fingerprint density at radius 2 is 2.28 bits per heavy atom. The van der Waals surface area contributed by atoms with Crippen molar-refractivity contribution >= 4 is 0 Å². The van der Waals surface area contributed by atoms with Crippen LogP contribution in [-0.2, 0) is 11.2 Å². The average Bonchev–Trinajstić information content (AvgIpc) is 2.41. The number of rotatable bonds is 3. The highest BCUT2D eigenvalue weighted by atomic mass is 16.5. The number of hydrogen-bond donors (Lipinski definition) is 1. The third kappa shape index (κ3) is 2.62. The summed E-state index contributed by atoms with van der Waals surface area (Å²) in [6, 6.07) is 0. The van der Waals surface area contributed by atoms with Gasteiger partial charge in [0.25, 0.3) is 5.56 Å². The second-order valence-electron chi connectivity index (χ2n) is 4.63. The van der Waals surface area contributed by atoms with E-state index in [0.29, 0.717) is 18.0 Å². The first-order valence-corrected chi connectivity index (χ1v) is 6.59. The molecule has 0 radical (unpaired) electrons. The van der Waals surface area contributed by atoms with Crippen molar-refractivity contribution in [3.05, 3.63) is 27.4 Å². The van der Waals surface area contributed by atoms with E-state index in [2.05, 4.69) is 21.8 Å². The number of hydrogen-bond acceptors (Lipinski definition) is 4. The summed E-state index contributed by atoms with van der Waals surface area (Å²) >= 11 is 0. The summed E-state index contributed by atoms with van der Waals surface area (Å²) in [6.45, 7) is 9.39. The third-order valence-corrected chi connectivity index (χ3v) is 3.51. The van der Waals surface area contributed by atoms with Gasteiger partial charge < -0.3 is 9.72 Å². The molecule has 1 N–H and O–H groups in total. The van der Waals surface area contributed by atoms with E-state index in [-0.39, 0.29) is 11.7 Å². The molecule has 1 aromatic heterocycles. The van der Waals surface area contributed by atoms with Crippen molar-refractivity contribution in [3.63, 3.8) is 0 Å². The Morgan fingerprint density at radius 3 is 2.94 bits per heavy atom. The Balaban J connectivity index is 2.27. The molecular formula is C13H21N3O2. The number of nitrogens with one attached hydrogen (secondary N) is 1. The zero-order valence-corrected chi connectivity index (χ0v) is 11.3. The Hall–Kier alpha value is -1.20. The van der Waals surface area contributed by atoms with Gasteiger partial charge in [0.1, 0.15) is 11.9 Å². The summed E-state index contributed by atoms with van der Waals surface area (Å²) < 4.78 is 5.72. The van der Waals surface area contributed by atoms with Gasteiger partial charge in [0.2, 0.25) is 0 Å². The van der Waals surface area contributed by atoms with Crippen LogP contribution in [0.1, 0.15) is 37.0 Å². The molecule has 5 nitrogen and oxygen atoms in total. The number of aryl methyl sites for hydroxylation is 1. The largest absolute Gasteiger partial charge is 0.368 e. The molecule has 1 aliphatic rings. The lowest BCUT2D eigenvalue weighted by Crippen LogP contribution is -2.39. The highest BCUT2D eigenvalue weighted by molar-refractivity contribution is 5.16. The Labute approximate surface area is 107 Å². The van der Waals surface area contributed by atoms with E-state index in [1.165, 1.54) is 0 Å². The molecule has 1 unspecified atom stereocenters. The monoisotopic (exact) mass is 251 g/mol. The lowest BCUT2D eigenvalue weighted by Gasteiger charge is -2.31. The third-order valence-electron chi connectivity index (χ3n) is 3.51. The van der Waals surface area contributed by atoms with Crippen LogP contribution >= 0.6 is 0 Å². The molecule has 5 heteroatoms. The van der Waals surface area contributed by atoms with E-state index >= 15 is 0 Å². The highest BCUT2D eigenvalue weighted by Gasteiger charge is 2.23. The summed E-state index contributed by atoms with van der Waals surface area (Å²) in [6.07, 6.45) is 0.657. The number of ether oxygens (including phenoxy) is 1. The minimum atomic E-state index is -0.114. The lowest BCUT2D eigenvalue weighted by molar-refractivity contribution is -0.0328. The molecule has 2 rings (SSSR count). The molecule has 18 heavy (non-hydrogen) atoms. The molecule has 0 aliphatic carbocycles. The van der Waals surface area contributed by atoms with Crippen LogP contribution < -0.4 is 5.56 Å². The minimum Gasteiger partial charge on any atom is -0.368 e. The van der Waals surface area contributed by atoms with Crippen LogP contribution in [0.25, 0.3) is 0 Å². The number of likely N-dealkylation sites (N-methyl/N-ethyl adjacent to an activating group) is 1. The summed E-state index contributed by atoms with van der Waals surface area (Å²) in [5.41, 5.74) is 1.53. The van der Waals surface area contributed by atoms with Crippen LogP contribution in [-0.4, -0.2) is 41.1 Å². The van der Waals surface area contributed by atoms with Gasteiger partial charge in [0.15, 0.2) is 0 Å². The van der Waals surface area contributed by atoms with Crippen molar-refractivity contribution in [2.24, 2.45) is 0 Å². The van der Waals surface area contributed by atoms with Gasteiger partial charge in [0.05, 0.1) is 12.3 Å². The van der Waals surface area contributed by atoms with Gasteiger partial charge in [-0.2, -0.15) is 0 Å². The Kier molecular flexibility index (Phi) is 4.14. The van der Waals surface area contributed by atoms with Crippen LogP contribution in [0, 0.1) is 6.92 Å². The van der Waals surface area contributed by atoms with Crippen LogP contribution in [0.3, 0.4) is 0 Å². The van der Waals surface area contributed by atoms with Gasteiger partial charge in [-0.05, 0) is 19.9 Å². The van der Waals surface area contributed by atoms with Crippen molar-refractivity contribution in [3.8, 4) is 0 Å². The number of nitrogens with zero attached hydrogens (tertiary/aromatic N) is 2. The predicted octanol–water partition coefficient (Wildman–Crippen LogP) is 1.03. The molecule has 1 aliphatic heterocycles. The molecule has 1 saturated heterocycles. The Bertz CT molecular complexity index is 470. The fourth-order valence-corrected chi connectivity index (χ4v) is 2.25. The first-order valence-electron chi connectivity index (χ1n) is 6.59. The zero-order valence-electron chi connectivity index (χ0n) is 11.3. The number of aromatic amines is 1. The standard InChI is InChI=1S/C13H21N3O2/c1-4-10-9(3)13(17)15-12(14-10)11-8-16(5-2)6-7-18-11/h11H,4-8H2,1-3H3,(H,14,15,17). The smallest absolute Gasteiger partial charge is 0.254 e. The van der Waals surface area contributed by atoms with E-state index in [0.717, 1.165) is 31.7 Å². The maximum absolute atomic E-state index is 11.8. The van der Waals surface area contributed by atoms with Gasteiger partial charge in [-0.3, -0.25) is 9.69 Å². The van der Waals surface area contributed by atoms with Crippen molar-refractivity contribution in [2.75, 3.05) is 26.2 Å². The van der Waals surface area contributed by atoms with E-state index in [1.54, 1.807) is 0 Å². The van der Waals surface area contributed by atoms with Crippen molar-refractivity contribution < 1.29 is 4.74 Å². The normalized spacial score (nSPS) is 21.2. The Morgan fingerprint density at radius 1 is 1.50 bits per heavy atom. The maximum atomic E-state index is 11.8. The first-order chi connectivity index (χ1) is 8.65. The average molecular weight is 251 g/mol. The SMILES string of the molecule is CCc1nc(C2CN(CC)CCO2)[nH]c(=O)c1C. The molecule has 100 valence electrons. The van der Waals surface area contributed by atoms with Gasteiger partial charge in [-0.15, -0.1) is 0 Å². The molecule has 1 fully saturated rings. The van der Waals surface area contributed by atoms with Crippen LogP contribution in [0.15, 0.2) is 4.79 Å². The van der Waals surface area contributed by atoms with E-state index in [1.807, 2.05) is 13.8 Å². The van der Waals surface area contributed by atoms with Crippen molar-refractivity contribution in [1.29, 1.82) is 0 Å². The summed E-state index contributed by atoms with van der Waals surface area (Å²) in [4.78, 5) is 21.5. The van der Waals surface area contributed by atoms with Crippen LogP contribution in [0.5, 0.6) is 0 Å². The highest BCUT2D eigenvalue weighted by Crippen LogP contribution is 2.18. The van der Waals surface area contributed by atoms with E-state index < -0.39 is 0 Å². The van der Waals surface area contributed by atoms with E-state index in [4.69, 9.17) is 4.74 Å². The second-order valence-corrected chi connectivity index (χ2v) is 4.63. The van der Waals surface area contributed by atoms with Crippen LogP contribution in [0.2, 0.25) is 0 Å². The maximum Gasteiger partial charge on any atom is 0.254 e. The minimum absolute atomic E-state index is 0.0472. The molecule has 0 spiro atoms. The summed E-state index contributed by atoms with van der Waals surface area (Å²) in [5, 5.41) is 0. The fraction of sp³-hybridized carbons (Fsp3) is 0.692. The lowest BCUT2D eigenvalue weighted by atomic mass is 10.2. The van der Waals surface area contributed by atoms with Crippen LogP contribution in [0.4, 0.5) is 0 Å². The summed E-state index contributed by atoms with van der Waals surface area (Å²) in [5.74, 6) is 0.667. The molecule has 0 amide bonds. The van der Waals surface area contributed by atoms with Crippen molar-refractivity contribution in [2.45, 2.75) is 33.3 Å². The molecule has 1 aromatic rings. The fourth-order valence-electron chi connectivity index (χ4n) is 2.25. The van der Waals surface area contributed by atoms with Crippen molar-refractivity contribution in [1.82, 2.24) is 14.9 Å². The molecule has 1 atom stereocenters. The topological polar surface area (TPSA) is 58.2 Å². The van der Waals surface area contributed by atoms with E-state index in [9.17, 15) is 4.79 Å². The van der Waals surface area contributed by atoms with Gasteiger partial charge in [-0.25, -0.2) is 4.98 Å². The second kappa shape index (κ2) is 5.63. The predicted molar refractivity (Wildman–Crippen MR) is 69.8 cm³/mol. The number of morpholine rings is 1. The molecule has 0 saturated carbocycles. The zero-order chi connectivity index (χ0) is 13.1. The first kappa shape index (κ1) is 13.2. The van der Waals surface area contributed by atoms with Gasteiger partial charge in [0, 0.05) is 18.7 Å². The van der Waals surface area contributed by atoms with Gasteiger partial charge >= 0.3 is 0 Å². The number of aromatic nitrogens is 2. The molecule has 0 bridgehead atoms. The summed E-state index contributed by atoms with van der Waals surface area (Å²) in [7, 11) is 0. The molecular weight excluding hydrogens is 230 g/mol. The number of H-pyrrole nitrogens is 1. The molecule has 0 aromatic carbocycles. The quantitative estimate of drug-likeness (QED) is 0.872. The molecule has 2 heterocycles.